The summed E-state index contributed by atoms with van der Waals surface area (Å²) in [5.74, 6) is -0.292. The van der Waals surface area contributed by atoms with Crippen LogP contribution in [-0.4, -0.2) is 15.9 Å². The van der Waals surface area contributed by atoms with Crippen LogP contribution in [0.25, 0.3) is 11.1 Å². The predicted octanol–water partition coefficient (Wildman–Crippen LogP) is 6.89. The Morgan fingerprint density at radius 2 is 1.75 bits per heavy atom. The maximum absolute atomic E-state index is 12.4. The summed E-state index contributed by atoms with van der Waals surface area (Å²) >= 11 is 0. The lowest BCUT2D eigenvalue weighted by Gasteiger charge is -2.21. The smallest absolute Gasteiger partial charge is 0.406 e. The van der Waals surface area contributed by atoms with E-state index in [9.17, 15) is 18.4 Å². The molecule has 0 bridgehead atoms. The van der Waals surface area contributed by atoms with Gasteiger partial charge in [0, 0.05) is 12.6 Å². The molecule has 5 nitrogen and oxygen atoms in total. The van der Waals surface area contributed by atoms with Gasteiger partial charge in [0.25, 0.3) is 0 Å². The Balaban J connectivity index is 0.00000361. The largest absolute Gasteiger partial charge is 0.573 e. The number of halogens is 4. The lowest BCUT2D eigenvalue weighted by atomic mass is 9.93. The van der Waals surface area contributed by atoms with Crippen LogP contribution < -0.4 is 4.74 Å². The third-order valence-corrected chi connectivity index (χ3v) is 5.60. The number of ether oxygens (including phenoxy) is 2. The number of nitrogens with zero attached hydrogens (tertiary/aromatic N) is 3. The quantitative estimate of drug-likeness (QED) is 0.270. The maximum Gasteiger partial charge on any atom is 0.573 e. The fourth-order valence-electron chi connectivity index (χ4n) is 3.86. The Kier molecular flexibility index (Phi) is 8.41. The topological polar surface area (TPSA) is 60.1 Å². The summed E-state index contributed by atoms with van der Waals surface area (Å²) in [5.41, 5.74) is 5.64. The van der Waals surface area contributed by atoms with Gasteiger partial charge < -0.3 is 14.0 Å². The Hall–Kier alpha value is -3.80. The summed E-state index contributed by atoms with van der Waals surface area (Å²) in [6, 6.07) is 21.2. The van der Waals surface area contributed by atoms with E-state index in [0.717, 1.165) is 27.9 Å². The summed E-state index contributed by atoms with van der Waals surface area (Å²) in [6.45, 7) is 2.13. The van der Waals surface area contributed by atoms with E-state index in [1.807, 2.05) is 54.9 Å². The first-order valence-corrected chi connectivity index (χ1v) is 10.8. The van der Waals surface area contributed by atoms with E-state index >= 15 is 0 Å². The van der Waals surface area contributed by atoms with Gasteiger partial charge in [0.2, 0.25) is 0 Å². The van der Waals surface area contributed by atoms with Crippen LogP contribution in [0.15, 0.2) is 79.3 Å². The lowest BCUT2D eigenvalue weighted by Crippen LogP contribution is -2.17. The predicted molar refractivity (Wildman–Crippen MR) is 132 cm³/mol. The molecule has 0 N–H and O–H groups in total. The molecule has 0 aliphatic rings. The Labute approximate surface area is 213 Å². The highest BCUT2D eigenvalue weighted by Gasteiger charge is 2.31. The van der Waals surface area contributed by atoms with E-state index in [-0.39, 0.29) is 24.8 Å². The Bertz CT molecular complexity index is 1360. The number of nitriles is 1. The average molecular weight is 514 g/mol. The molecule has 1 unspecified atom stereocenters. The molecule has 9 heteroatoms. The zero-order valence-corrected chi connectivity index (χ0v) is 20.3. The molecular weight excluding hydrogens is 491 g/mol. The first-order valence-electron chi connectivity index (χ1n) is 10.8. The normalized spacial score (nSPS) is 11.9. The van der Waals surface area contributed by atoms with Crippen LogP contribution >= 0.6 is 12.4 Å². The molecule has 0 fully saturated rings. The second-order valence-electron chi connectivity index (χ2n) is 8.04. The first kappa shape index (κ1) is 26.8. The molecule has 0 aliphatic carbocycles. The highest BCUT2D eigenvalue weighted by molar-refractivity contribution is 5.85. The third-order valence-electron chi connectivity index (χ3n) is 5.60. The molecule has 1 heterocycles. The van der Waals surface area contributed by atoms with E-state index in [1.165, 1.54) is 24.3 Å². The molecule has 0 saturated heterocycles. The summed E-state index contributed by atoms with van der Waals surface area (Å²) in [4.78, 5) is 4.20. The molecule has 1 atom stereocenters. The molecule has 0 aliphatic heterocycles. The van der Waals surface area contributed by atoms with Crippen LogP contribution in [0.4, 0.5) is 13.2 Å². The number of hydrogen-bond donors (Lipinski definition) is 0. The molecule has 0 radical (unpaired) electrons. The SMILES string of the molecule is Cc1ccccc1-c1cc(C(OCc2ccc(OC(F)(F)F)cc2)c2cncn2C)ccc1C#N.Cl. The van der Waals surface area contributed by atoms with Crippen LogP contribution in [0.1, 0.15) is 34.1 Å². The van der Waals surface area contributed by atoms with Crippen molar-refractivity contribution in [3.8, 4) is 22.9 Å². The number of rotatable bonds is 7. The van der Waals surface area contributed by atoms with Crippen molar-refractivity contribution in [2.45, 2.75) is 26.0 Å². The molecule has 0 spiro atoms. The minimum Gasteiger partial charge on any atom is -0.406 e. The van der Waals surface area contributed by atoms with Crippen molar-refractivity contribution in [2.75, 3.05) is 0 Å². The van der Waals surface area contributed by atoms with E-state index < -0.39 is 12.5 Å². The van der Waals surface area contributed by atoms with E-state index in [0.29, 0.717) is 11.1 Å². The van der Waals surface area contributed by atoms with Crippen LogP contribution in [-0.2, 0) is 18.4 Å². The van der Waals surface area contributed by atoms with Crippen molar-refractivity contribution in [2.24, 2.45) is 7.05 Å². The van der Waals surface area contributed by atoms with Gasteiger partial charge in [-0.25, -0.2) is 4.98 Å². The van der Waals surface area contributed by atoms with Crippen molar-refractivity contribution in [1.29, 1.82) is 5.26 Å². The molecule has 3 aromatic carbocycles. The van der Waals surface area contributed by atoms with Crippen molar-refractivity contribution in [1.82, 2.24) is 9.55 Å². The fourth-order valence-corrected chi connectivity index (χ4v) is 3.86. The van der Waals surface area contributed by atoms with Gasteiger partial charge in [-0.1, -0.05) is 42.5 Å². The molecular formula is C27H23ClF3N3O2. The number of imidazole rings is 1. The van der Waals surface area contributed by atoms with Gasteiger partial charge in [-0.2, -0.15) is 5.26 Å². The van der Waals surface area contributed by atoms with Crippen molar-refractivity contribution < 1.29 is 22.6 Å². The maximum atomic E-state index is 12.4. The summed E-state index contributed by atoms with van der Waals surface area (Å²) in [5, 5.41) is 9.70. The molecule has 1 aromatic heterocycles. The molecule has 186 valence electrons. The van der Waals surface area contributed by atoms with Gasteiger partial charge in [0.1, 0.15) is 11.9 Å². The first-order chi connectivity index (χ1) is 16.7. The van der Waals surface area contributed by atoms with Gasteiger partial charge in [0.15, 0.2) is 0 Å². The fraction of sp³-hybridized carbons (Fsp3) is 0.185. The molecule has 36 heavy (non-hydrogen) atoms. The minimum atomic E-state index is -4.74. The molecule has 0 saturated carbocycles. The van der Waals surface area contributed by atoms with Crippen LogP contribution in [0.2, 0.25) is 0 Å². The second-order valence-corrected chi connectivity index (χ2v) is 8.04. The van der Waals surface area contributed by atoms with Gasteiger partial charge >= 0.3 is 6.36 Å². The highest BCUT2D eigenvalue weighted by atomic mass is 35.5. The third kappa shape index (κ3) is 6.25. The van der Waals surface area contributed by atoms with Crippen LogP contribution in [0.5, 0.6) is 5.75 Å². The minimum absolute atomic E-state index is 0. The van der Waals surface area contributed by atoms with E-state index in [1.54, 1.807) is 18.6 Å². The number of hydrogen-bond acceptors (Lipinski definition) is 4. The number of alkyl halides is 3. The van der Waals surface area contributed by atoms with Gasteiger partial charge in [-0.3, -0.25) is 0 Å². The zero-order chi connectivity index (χ0) is 25.0. The second kappa shape index (κ2) is 11.3. The Morgan fingerprint density at radius 3 is 2.36 bits per heavy atom. The monoisotopic (exact) mass is 513 g/mol. The standard InChI is InChI=1S/C27H22F3N3O2.ClH/c1-18-5-3-4-6-23(18)24-13-20(9-10-21(24)14-31)26(25-15-32-17-33(25)2)34-16-19-7-11-22(12-8-19)35-27(28,29)30;/h3-13,15,17,26H,16H2,1-2H3;1H. The summed E-state index contributed by atoms with van der Waals surface area (Å²) in [6.07, 6.45) is -1.89. The zero-order valence-electron chi connectivity index (χ0n) is 19.5. The molecule has 4 rings (SSSR count). The van der Waals surface area contributed by atoms with Gasteiger partial charge in [-0.05, 0) is 53.4 Å². The summed E-state index contributed by atoms with van der Waals surface area (Å²) in [7, 11) is 1.86. The summed E-state index contributed by atoms with van der Waals surface area (Å²) < 4.78 is 49.4. The van der Waals surface area contributed by atoms with Crippen molar-refractivity contribution in [3.05, 3.63) is 107 Å². The van der Waals surface area contributed by atoms with Gasteiger partial charge in [0.05, 0.1) is 36.5 Å². The molecule has 0 amide bonds. The highest BCUT2D eigenvalue weighted by Crippen LogP contribution is 2.33. The number of aromatic nitrogens is 2. The number of aryl methyl sites for hydroxylation is 2. The molecule has 4 aromatic rings. The van der Waals surface area contributed by atoms with E-state index in [2.05, 4.69) is 15.8 Å². The lowest BCUT2D eigenvalue weighted by molar-refractivity contribution is -0.274. The van der Waals surface area contributed by atoms with Crippen molar-refractivity contribution in [3.63, 3.8) is 0 Å². The van der Waals surface area contributed by atoms with Gasteiger partial charge in [-0.15, -0.1) is 25.6 Å². The van der Waals surface area contributed by atoms with E-state index in [4.69, 9.17) is 4.74 Å². The van der Waals surface area contributed by atoms with Crippen molar-refractivity contribution >= 4 is 12.4 Å². The van der Waals surface area contributed by atoms with Crippen LogP contribution in [0, 0.1) is 18.3 Å². The average Bonchev–Trinajstić information content (AvgIpc) is 3.25. The Morgan fingerprint density at radius 1 is 1.03 bits per heavy atom. The number of benzene rings is 3. The van der Waals surface area contributed by atoms with Crippen LogP contribution in [0.3, 0.4) is 0 Å².